The van der Waals surface area contributed by atoms with E-state index in [2.05, 4.69) is 4.98 Å². The van der Waals surface area contributed by atoms with Gasteiger partial charge in [0.05, 0.1) is 0 Å². The first-order valence-corrected chi connectivity index (χ1v) is 13.1. The number of hydrogen-bond donors (Lipinski definition) is 0. The normalized spacial score (nSPS) is 18.3. The predicted molar refractivity (Wildman–Crippen MR) is 118 cm³/mol. The summed E-state index contributed by atoms with van der Waals surface area (Å²) in [6.07, 6.45) is 3.75. The molecule has 0 saturated carbocycles. The van der Waals surface area contributed by atoms with Gasteiger partial charge in [-0.3, -0.25) is 0 Å². The van der Waals surface area contributed by atoms with Gasteiger partial charge in [-0.1, -0.05) is 0 Å². The van der Waals surface area contributed by atoms with E-state index in [0.29, 0.717) is 25.3 Å². The molecule has 0 atom stereocenters. The van der Waals surface area contributed by atoms with Crippen molar-refractivity contribution in [3.05, 3.63) is 72.3 Å². The van der Waals surface area contributed by atoms with Crippen LogP contribution in [0.15, 0.2) is 61.2 Å². The summed E-state index contributed by atoms with van der Waals surface area (Å²) in [6.45, 7) is 1.40. The quantitative estimate of drug-likeness (QED) is 0.495. The molecule has 0 radical (unpaired) electrons. The summed E-state index contributed by atoms with van der Waals surface area (Å²) >= 11 is 0. The van der Waals surface area contributed by atoms with Gasteiger partial charge in [-0.15, -0.1) is 0 Å². The Morgan fingerprint density at radius 3 is 2.50 bits per heavy atom. The van der Waals surface area contributed by atoms with Crippen molar-refractivity contribution < 1.29 is 22.7 Å². The zero-order valence-electron chi connectivity index (χ0n) is 17.3. The minimum atomic E-state index is -4.36. The summed E-state index contributed by atoms with van der Waals surface area (Å²) in [7, 11) is -2.05. The van der Waals surface area contributed by atoms with E-state index in [1.807, 2.05) is 33.9 Å². The van der Waals surface area contributed by atoms with Crippen molar-refractivity contribution in [3.63, 3.8) is 0 Å². The fourth-order valence-electron chi connectivity index (χ4n) is 4.25. The Morgan fingerprint density at radius 2 is 1.84 bits per heavy atom. The van der Waals surface area contributed by atoms with Crippen molar-refractivity contribution in [2.24, 2.45) is 0 Å². The third-order valence-corrected chi connectivity index (χ3v) is 10.1. The molecule has 1 aromatic heterocycles. The maximum absolute atomic E-state index is 13.4. The van der Waals surface area contributed by atoms with E-state index >= 15 is 0 Å². The Bertz CT molecular complexity index is 1130. The molecule has 0 unspecified atom stereocenters. The molecule has 2 aliphatic heterocycles. The monoisotopic (exact) mass is 461 g/mol. The Balaban J connectivity index is 1.37. The van der Waals surface area contributed by atoms with Crippen LogP contribution in [0.2, 0.25) is 0 Å². The number of imidazole rings is 1. The molecule has 3 aromatic rings. The average molecular weight is 461 g/mol. The molecular formula is C23H23F3N3O2P. The number of amides is 1. The van der Waals surface area contributed by atoms with Gasteiger partial charge in [0, 0.05) is 0 Å². The first-order valence-electron chi connectivity index (χ1n) is 10.5. The molecule has 5 nitrogen and oxygen atoms in total. The average Bonchev–Trinajstić information content (AvgIpc) is 3.44. The van der Waals surface area contributed by atoms with Crippen molar-refractivity contribution >= 4 is 12.9 Å². The van der Waals surface area contributed by atoms with Crippen LogP contribution in [0.1, 0.15) is 11.1 Å². The van der Waals surface area contributed by atoms with Crippen molar-refractivity contribution in [2.75, 3.05) is 25.5 Å². The second-order valence-electron chi connectivity index (χ2n) is 8.49. The molecule has 0 N–H and O–H groups in total. The van der Waals surface area contributed by atoms with Crippen LogP contribution in [0.25, 0.3) is 11.1 Å². The topological polar surface area (TPSA) is 47.4 Å². The van der Waals surface area contributed by atoms with Crippen LogP contribution in [0.3, 0.4) is 0 Å². The second kappa shape index (κ2) is 7.93. The number of hydrogen-bond acceptors (Lipinski definition) is 3. The summed E-state index contributed by atoms with van der Waals surface area (Å²) in [5, 5.41) is 0. The van der Waals surface area contributed by atoms with E-state index in [1.54, 1.807) is 12.5 Å². The minimum absolute atomic E-state index is 0.252. The number of benzene rings is 2. The fourth-order valence-corrected chi connectivity index (χ4v) is 8.09. The van der Waals surface area contributed by atoms with Gasteiger partial charge in [-0.2, -0.15) is 0 Å². The number of carbonyl (C=O) groups excluding carboxylic acids is 1. The summed E-state index contributed by atoms with van der Waals surface area (Å²) in [5.41, 5.74) is 1.94. The molecule has 0 spiro atoms. The summed E-state index contributed by atoms with van der Waals surface area (Å²) in [6, 6.07) is 10.7. The molecule has 168 valence electrons. The van der Waals surface area contributed by atoms with E-state index in [-0.39, 0.29) is 5.65 Å². The number of ether oxygens (including phenoxy) is 1. The number of rotatable bonds is 4. The van der Waals surface area contributed by atoms with Gasteiger partial charge >= 0.3 is 184 Å². The molecule has 0 aliphatic carbocycles. The van der Waals surface area contributed by atoms with E-state index < -0.39 is 19.0 Å². The second-order valence-corrected chi connectivity index (χ2v) is 12.8. The van der Waals surface area contributed by atoms with Gasteiger partial charge in [0.2, 0.25) is 0 Å². The van der Waals surface area contributed by atoms with Gasteiger partial charge in [0.25, 0.3) is 0 Å². The number of halogens is 3. The zero-order valence-corrected chi connectivity index (χ0v) is 18.3. The van der Waals surface area contributed by atoms with E-state index in [9.17, 15) is 18.0 Å². The first kappa shape index (κ1) is 21.0. The van der Waals surface area contributed by atoms with Crippen LogP contribution in [0, 0.1) is 0 Å². The third kappa shape index (κ3) is 4.11. The van der Waals surface area contributed by atoms with Gasteiger partial charge in [-0.05, 0) is 0 Å². The van der Waals surface area contributed by atoms with Crippen LogP contribution in [0.4, 0.5) is 18.0 Å². The molecule has 2 aromatic carbocycles. The number of alkyl halides is 3. The van der Waals surface area contributed by atoms with Crippen LogP contribution < -0.4 is 4.74 Å². The number of nitrogens with zero attached hydrogens (tertiary/aromatic N) is 3. The molecule has 3 heterocycles. The molecule has 5 rings (SSSR count). The summed E-state index contributed by atoms with van der Waals surface area (Å²) in [4.78, 5) is 19.4. The maximum atomic E-state index is 13.4. The molecule has 32 heavy (non-hydrogen) atoms. The van der Waals surface area contributed by atoms with Crippen molar-refractivity contribution in [1.29, 1.82) is 0 Å². The SMILES string of the molecule is O=C(N1CCOc2ccc(-c3ccc(C(F)(F)F)cc3)cc2C1)[PH]1(Cn2ccnc2)CC1. The van der Waals surface area contributed by atoms with Gasteiger partial charge in [0.1, 0.15) is 0 Å². The van der Waals surface area contributed by atoms with Crippen molar-refractivity contribution in [1.82, 2.24) is 14.5 Å². The number of fused-ring (bicyclic) bond motifs is 1. The molecule has 9 heteroatoms. The zero-order chi connectivity index (χ0) is 22.3. The van der Waals surface area contributed by atoms with Gasteiger partial charge in [-0.25, -0.2) is 0 Å². The van der Waals surface area contributed by atoms with Crippen molar-refractivity contribution in [2.45, 2.75) is 19.0 Å². The van der Waals surface area contributed by atoms with Crippen LogP contribution >= 0.6 is 7.26 Å². The molecule has 1 amide bonds. The van der Waals surface area contributed by atoms with E-state index in [4.69, 9.17) is 4.74 Å². The summed E-state index contributed by atoms with van der Waals surface area (Å²) < 4.78 is 46.5. The Kier molecular flexibility index (Phi) is 5.20. The fraction of sp³-hybridized carbons (Fsp3) is 0.304. The molecule has 2 aliphatic rings. The molecule has 0 bridgehead atoms. The van der Waals surface area contributed by atoms with Gasteiger partial charge < -0.3 is 0 Å². The first-order chi connectivity index (χ1) is 15.3. The van der Waals surface area contributed by atoms with Crippen LogP contribution in [-0.4, -0.2) is 45.6 Å². The molecule has 1 fully saturated rings. The van der Waals surface area contributed by atoms with E-state index in [1.165, 1.54) is 12.1 Å². The van der Waals surface area contributed by atoms with Gasteiger partial charge in [0.15, 0.2) is 0 Å². The predicted octanol–water partition coefficient (Wildman–Crippen LogP) is 5.30. The Hall–Kier alpha value is -2.86. The standard InChI is InChI=1S/C23H23F3N3O2P/c24-23(25,26)20-4-1-17(2-5-20)18-3-6-21-19(13-18)14-29(9-10-31-21)22(30)32(11-12-32)16-28-8-7-27-15-28/h1-8,13,15,32H,9-12,14,16H2. The summed E-state index contributed by atoms with van der Waals surface area (Å²) in [5.74, 6) is 0.720. The number of carbonyl (C=O) groups is 1. The van der Waals surface area contributed by atoms with Crippen LogP contribution in [0.5, 0.6) is 5.75 Å². The Morgan fingerprint density at radius 1 is 1.09 bits per heavy atom. The van der Waals surface area contributed by atoms with Crippen LogP contribution in [-0.2, 0) is 19.0 Å². The number of aromatic nitrogens is 2. The van der Waals surface area contributed by atoms with E-state index in [0.717, 1.165) is 47.6 Å². The molecular weight excluding hydrogens is 438 g/mol. The molecule has 1 saturated heterocycles. The Labute approximate surface area is 184 Å². The third-order valence-electron chi connectivity index (χ3n) is 6.22. The van der Waals surface area contributed by atoms with Crippen molar-refractivity contribution in [3.8, 4) is 16.9 Å².